The second-order valence-electron chi connectivity index (χ2n) is 5.01. The molecule has 0 fully saturated rings. The predicted molar refractivity (Wildman–Crippen MR) is 65.1 cm³/mol. The van der Waals surface area contributed by atoms with Crippen molar-refractivity contribution in [2.45, 2.75) is 34.1 Å². The zero-order valence-electron chi connectivity index (χ0n) is 9.68. The molecule has 0 amide bonds. The van der Waals surface area contributed by atoms with Gasteiger partial charge in [0.1, 0.15) is 0 Å². The van der Waals surface area contributed by atoms with Gasteiger partial charge in [-0.25, -0.2) is 0 Å². The first-order chi connectivity index (χ1) is 6.49. The largest absolute Gasteiger partial charge is 0.316 e. The summed E-state index contributed by atoms with van der Waals surface area (Å²) in [5, 5.41) is 5.67. The van der Waals surface area contributed by atoms with Crippen molar-refractivity contribution in [3.8, 4) is 0 Å². The fourth-order valence-corrected chi connectivity index (χ4v) is 2.24. The number of aryl methyl sites for hydroxylation is 1. The lowest BCUT2D eigenvalue weighted by Crippen LogP contribution is -2.28. The van der Waals surface area contributed by atoms with Crippen LogP contribution in [0.3, 0.4) is 0 Å². The molecule has 0 atom stereocenters. The van der Waals surface area contributed by atoms with Crippen molar-refractivity contribution in [2.24, 2.45) is 5.41 Å². The third-order valence-corrected chi connectivity index (χ3v) is 3.24. The average molecular weight is 211 g/mol. The van der Waals surface area contributed by atoms with E-state index in [1.807, 2.05) is 11.3 Å². The summed E-state index contributed by atoms with van der Waals surface area (Å²) in [5.41, 5.74) is 1.83. The molecule has 1 N–H and O–H groups in total. The maximum absolute atomic E-state index is 3.50. The van der Waals surface area contributed by atoms with Crippen molar-refractivity contribution in [2.75, 3.05) is 13.1 Å². The first kappa shape index (κ1) is 11.7. The fourth-order valence-electron chi connectivity index (χ4n) is 1.33. The van der Waals surface area contributed by atoms with Crippen LogP contribution < -0.4 is 5.32 Å². The monoisotopic (exact) mass is 211 g/mol. The molecule has 0 aromatic carbocycles. The van der Waals surface area contributed by atoms with Gasteiger partial charge in [0.2, 0.25) is 0 Å². The zero-order valence-corrected chi connectivity index (χ0v) is 10.5. The lowest BCUT2D eigenvalue weighted by Gasteiger charge is -2.18. The van der Waals surface area contributed by atoms with E-state index in [1.165, 1.54) is 16.9 Å². The second kappa shape index (κ2) is 4.94. The van der Waals surface area contributed by atoms with Crippen LogP contribution in [0.4, 0.5) is 0 Å². The Hall–Kier alpha value is -0.340. The van der Waals surface area contributed by atoms with Crippen LogP contribution in [-0.4, -0.2) is 13.1 Å². The van der Waals surface area contributed by atoms with E-state index in [9.17, 15) is 0 Å². The molecule has 0 saturated heterocycles. The highest BCUT2D eigenvalue weighted by molar-refractivity contribution is 7.10. The summed E-state index contributed by atoms with van der Waals surface area (Å²) in [6, 6.07) is 2.20. The Labute approximate surface area is 91.5 Å². The van der Waals surface area contributed by atoms with E-state index in [0.717, 1.165) is 13.1 Å². The topological polar surface area (TPSA) is 12.0 Å². The highest BCUT2D eigenvalue weighted by atomic mass is 32.1. The first-order valence-electron chi connectivity index (χ1n) is 5.23. The van der Waals surface area contributed by atoms with Crippen LogP contribution >= 0.6 is 11.3 Å². The highest BCUT2D eigenvalue weighted by Crippen LogP contribution is 2.15. The molecule has 1 nitrogen and oxygen atoms in total. The molecule has 1 rings (SSSR count). The number of rotatable bonds is 4. The maximum Gasteiger partial charge on any atom is 0.00870 e. The fraction of sp³-hybridized carbons (Fsp3) is 0.667. The van der Waals surface area contributed by atoms with Gasteiger partial charge >= 0.3 is 0 Å². The Bertz CT molecular complexity index is 270. The van der Waals surface area contributed by atoms with E-state index in [-0.39, 0.29) is 0 Å². The lowest BCUT2D eigenvalue weighted by atomic mass is 9.97. The molecule has 80 valence electrons. The number of nitrogens with one attached hydrogen (secondary N) is 1. The van der Waals surface area contributed by atoms with Gasteiger partial charge in [0, 0.05) is 11.4 Å². The number of hydrogen-bond donors (Lipinski definition) is 1. The molecule has 0 aliphatic rings. The summed E-state index contributed by atoms with van der Waals surface area (Å²) in [7, 11) is 0. The van der Waals surface area contributed by atoms with Crippen LogP contribution in [0.15, 0.2) is 11.4 Å². The van der Waals surface area contributed by atoms with E-state index >= 15 is 0 Å². The van der Waals surface area contributed by atoms with Crippen LogP contribution in [0.25, 0.3) is 0 Å². The molecule has 0 spiro atoms. The molecule has 0 unspecified atom stereocenters. The van der Waals surface area contributed by atoms with Crippen LogP contribution in [0, 0.1) is 12.3 Å². The van der Waals surface area contributed by atoms with Gasteiger partial charge in [0.15, 0.2) is 0 Å². The third kappa shape index (κ3) is 4.25. The van der Waals surface area contributed by atoms with Gasteiger partial charge in [-0.3, -0.25) is 0 Å². The molecule has 0 radical (unpaired) electrons. The van der Waals surface area contributed by atoms with Gasteiger partial charge in [-0.15, -0.1) is 11.3 Å². The minimum absolute atomic E-state index is 0.393. The van der Waals surface area contributed by atoms with E-state index in [2.05, 4.69) is 44.5 Å². The summed E-state index contributed by atoms with van der Waals surface area (Å²) in [6.07, 6.45) is 1.17. The summed E-state index contributed by atoms with van der Waals surface area (Å²) in [5.74, 6) is 0. The van der Waals surface area contributed by atoms with Crippen LogP contribution in [0.1, 0.15) is 31.2 Å². The Morgan fingerprint density at radius 3 is 2.57 bits per heavy atom. The molecular weight excluding hydrogens is 190 g/mol. The van der Waals surface area contributed by atoms with E-state index in [1.54, 1.807) is 0 Å². The minimum atomic E-state index is 0.393. The Morgan fingerprint density at radius 1 is 1.36 bits per heavy atom. The molecule has 1 aromatic rings. The second-order valence-corrected chi connectivity index (χ2v) is 6.01. The summed E-state index contributed by atoms with van der Waals surface area (Å²) < 4.78 is 0. The van der Waals surface area contributed by atoms with E-state index in [0.29, 0.717) is 5.41 Å². The Morgan fingerprint density at radius 2 is 2.07 bits per heavy atom. The molecular formula is C12H21NS. The normalized spacial score (nSPS) is 12.0. The Kier molecular flexibility index (Phi) is 4.14. The van der Waals surface area contributed by atoms with Gasteiger partial charge in [0.05, 0.1) is 0 Å². The highest BCUT2D eigenvalue weighted by Gasteiger charge is 2.08. The molecule has 1 heterocycles. The van der Waals surface area contributed by atoms with Gasteiger partial charge in [-0.1, -0.05) is 20.8 Å². The van der Waals surface area contributed by atoms with Crippen molar-refractivity contribution < 1.29 is 0 Å². The quantitative estimate of drug-likeness (QED) is 0.754. The van der Waals surface area contributed by atoms with E-state index < -0.39 is 0 Å². The van der Waals surface area contributed by atoms with Crippen molar-refractivity contribution in [1.82, 2.24) is 5.32 Å². The predicted octanol–water partition coefficient (Wildman–Crippen LogP) is 3.23. The molecule has 0 bridgehead atoms. The molecule has 0 saturated carbocycles. The summed E-state index contributed by atoms with van der Waals surface area (Å²) in [6.45, 7) is 11.2. The maximum atomic E-state index is 3.50. The standard InChI is InChI=1S/C12H21NS/c1-10-6-8-14-11(10)5-7-13-9-12(2,3)4/h6,8,13H,5,7,9H2,1-4H3. The number of thiophene rings is 1. The molecule has 0 aliphatic heterocycles. The van der Waals surface area contributed by atoms with Gasteiger partial charge in [-0.05, 0) is 42.3 Å². The SMILES string of the molecule is Cc1ccsc1CCNCC(C)(C)C. The van der Waals surface area contributed by atoms with Crippen molar-refractivity contribution >= 4 is 11.3 Å². The molecule has 2 heteroatoms. The molecule has 1 aromatic heterocycles. The smallest absolute Gasteiger partial charge is 0.00870 e. The van der Waals surface area contributed by atoms with Gasteiger partial charge in [-0.2, -0.15) is 0 Å². The number of hydrogen-bond acceptors (Lipinski definition) is 2. The van der Waals surface area contributed by atoms with Crippen molar-refractivity contribution in [3.63, 3.8) is 0 Å². The van der Waals surface area contributed by atoms with Gasteiger partial charge in [0.25, 0.3) is 0 Å². The van der Waals surface area contributed by atoms with Crippen molar-refractivity contribution in [1.29, 1.82) is 0 Å². The average Bonchev–Trinajstić information content (AvgIpc) is 2.44. The minimum Gasteiger partial charge on any atom is -0.316 e. The van der Waals surface area contributed by atoms with Gasteiger partial charge < -0.3 is 5.32 Å². The summed E-state index contributed by atoms with van der Waals surface area (Å²) in [4.78, 5) is 1.52. The molecule has 0 aliphatic carbocycles. The molecule has 14 heavy (non-hydrogen) atoms. The Balaban J connectivity index is 2.20. The van der Waals surface area contributed by atoms with Crippen LogP contribution in [0.5, 0.6) is 0 Å². The summed E-state index contributed by atoms with van der Waals surface area (Å²) >= 11 is 1.87. The first-order valence-corrected chi connectivity index (χ1v) is 6.11. The van der Waals surface area contributed by atoms with Crippen LogP contribution in [-0.2, 0) is 6.42 Å². The van der Waals surface area contributed by atoms with E-state index in [4.69, 9.17) is 0 Å². The zero-order chi connectivity index (χ0) is 10.6. The van der Waals surface area contributed by atoms with Crippen LogP contribution in [0.2, 0.25) is 0 Å². The lowest BCUT2D eigenvalue weighted by molar-refractivity contribution is 0.382. The van der Waals surface area contributed by atoms with Crippen molar-refractivity contribution in [3.05, 3.63) is 21.9 Å². The third-order valence-electron chi connectivity index (χ3n) is 2.15.